The molecule has 0 fully saturated rings. The van der Waals surface area contributed by atoms with Gasteiger partial charge in [-0.05, 0) is 30.3 Å². The number of carbonyl (C=O) groups excluding carboxylic acids is 1. The Morgan fingerprint density at radius 2 is 2.19 bits per heavy atom. The number of pyridine rings is 1. The molecule has 0 saturated carbocycles. The number of nitrogens with zero attached hydrogens (tertiary/aromatic N) is 5. The number of rotatable bonds is 6. The number of carbonyl (C=O) groups is 1. The minimum absolute atomic E-state index is 0.189. The van der Waals surface area contributed by atoms with E-state index in [1.807, 2.05) is 40.4 Å². The van der Waals surface area contributed by atoms with Crippen LogP contribution in [0.2, 0.25) is 0 Å². The molecule has 0 aliphatic carbocycles. The van der Waals surface area contributed by atoms with Crippen LogP contribution in [0.25, 0.3) is 17.2 Å². The molecule has 9 nitrogen and oxygen atoms in total. The second kappa shape index (κ2) is 7.04. The topological polar surface area (TPSA) is 102 Å². The number of aromatic nitrogens is 6. The zero-order chi connectivity index (χ0) is 18.8. The maximum Gasteiger partial charge on any atom is 0.253 e. The first-order valence-electron chi connectivity index (χ1n) is 8.42. The predicted molar refractivity (Wildman–Crippen MR) is 97.9 cm³/mol. The molecule has 0 bridgehead atoms. The molecule has 2 N–H and O–H groups in total. The maximum absolute atomic E-state index is 12.6. The Balaban J connectivity index is 1.54. The Morgan fingerprint density at radius 1 is 1.30 bits per heavy atom. The third kappa shape index (κ3) is 3.32. The van der Waals surface area contributed by atoms with Gasteiger partial charge in [0.1, 0.15) is 0 Å². The van der Waals surface area contributed by atoms with Crippen LogP contribution < -0.4 is 5.32 Å². The van der Waals surface area contributed by atoms with Gasteiger partial charge in [0.2, 0.25) is 0 Å². The van der Waals surface area contributed by atoms with Gasteiger partial charge >= 0.3 is 0 Å². The molecule has 0 aromatic carbocycles. The number of methoxy groups -OCH3 is 1. The highest BCUT2D eigenvalue weighted by atomic mass is 16.5. The van der Waals surface area contributed by atoms with E-state index in [9.17, 15) is 4.79 Å². The largest absolute Gasteiger partial charge is 0.378 e. The van der Waals surface area contributed by atoms with Crippen LogP contribution in [0.4, 0.5) is 0 Å². The van der Waals surface area contributed by atoms with Crippen molar-refractivity contribution in [3.05, 3.63) is 59.7 Å². The summed E-state index contributed by atoms with van der Waals surface area (Å²) in [6.07, 6.45) is 3.69. The summed E-state index contributed by atoms with van der Waals surface area (Å²) < 4.78 is 8.81. The van der Waals surface area contributed by atoms with Crippen molar-refractivity contribution < 1.29 is 9.53 Å². The van der Waals surface area contributed by atoms with E-state index < -0.39 is 0 Å². The number of hydrogen-bond acceptors (Lipinski definition) is 5. The van der Waals surface area contributed by atoms with Crippen LogP contribution in [0.3, 0.4) is 0 Å². The van der Waals surface area contributed by atoms with Gasteiger partial charge in [0, 0.05) is 26.6 Å². The molecule has 9 heteroatoms. The van der Waals surface area contributed by atoms with Crippen LogP contribution in [-0.2, 0) is 24.9 Å². The first kappa shape index (κ1) is 17.0. The summed E-state index contributed by atoms with van der Waals surface area (Å²) in [4.78, 5) is 12.6. The smallest absolute Gasteiger partial charge is 0.253 e. The molecule has 0 saturated heterocycles. The van der Waals surface area contributed by atoms with Gasteiger partial charge in [-0.15, -0.1) is 10.2 Å². The number of amides is 1. The lowest BCUT2D eigenvalue weighted by Gasteiger charge is -2.06. The number of aromatic amines is 1. The zero-order valence-corrected chi connectivity index (χ0v) is 15.0. The Hall–Kier alpha value is -3.46. The van der Waals surface area contributed by atoms with E-state index in [1.54, 1.807) is 25.4 Å². The number of fused-ring (bicyclic) bond motifs is 1. The minimum atomic E-state index is -0.189. The Labute approximate surface area is 155 Å². The van der Waals surface area contributed by atoms with Gasteiger partial charge in [0.05, 0.1) is 35.8 Å². The molecule has 4 aromatic heterocycles. The second-order valence-electron chi connectivity index (χ2n) is 6.17. The highest BCUT2D eigenvalue weighted by molar-refractivity contribution is 5.94. The zero-order valence-electron chi connectivity index (χ0n) is 15.0. The summed E-state index contributed by atoms with van der Waals surface area (Å²) in [5.74, 6) is 0.497. The van der Waals surface area contributed by atoms with Crippen molar-refractivity contribution >= 4 is 11.6 Å². The van der Waals surface area contributed by atoms with Gasteiger partial charge in [0.25, 0.3) is 5.91 Å². The van der Waals surface area contributed by atoms with Crippen molar-refractivity contribution in [3.8, 4) is 11.5 Å². The quantitative estimate of drug-likeness (QED) is 0.540. The average Bonchev–Trinajstić information content (AvgIpc) is 3.39. The van der Waals surface area contributed by atoms with Crippen LogP contribution >= 0.6 is 0 Å². The van der Waals surface area contributed by atoms with Gasteiger partial charge in [-0.25, -0.2) is 0 Å². The third-order valence-corrected chi connectivity index (χ3v) is 4.25. The summed E-state index contributed by atoms with van der Waals surface area (Å²) in [6.45, 7) is 0.775. The summed E-state index contributed by atoms with van der Waals surface area (Å²) in [7, 11) is 3.55. The van der Waals surface area contributed by atoms with Gasteiger partial charge in [-0.3, -0.25) is 14.3 Å². The molecule has 4 aromatic rings. The van der Waals surface area contributed by atoms with Crippen LogP contribution in [0, 0.1) is 0 Å². The van der Waals surface area contributed by atoms with Gasteiger partial charge in [-0.2, -0.15) is 5.10 Å². The van der Waals surface area contributed by atoms with E-state index in [2.05, 4.69) is 25.7 Å². The molecule has 4 rings (SSSR count). The van der Waals surface area contributed by atoms with Crippen molar-refractivity contribution in [2.24, 2.45) is 7.05 Å². The molecule has 0 aliphatic heterocycles. The van der Waals surface area contributed by atoms with Crippen molar-refractivity contribution in [1.82, 2.24) is 34.7 Å². The van der Waals surface area contributed by atoms with E-state index in [-0.39, 0.29) is 5.91 Å². The van der Waals surface area contributed by atoms with Crippen molar-refractivity contribution in [2.75, 3.05) is 7.11 Å². The monoisotopic (exact) mass is 365 g/mol. The molecule has 27 heavy (non-hydrogen) atoms. The first-order valence-corrected chi connectivity index (χ1v) is 8.42. The predicted octanol–water partition coefficient (Wildman–Crippen LogP) is 1.53. The van der Waals surface area contributed by atoms with Crippen molar-refractivity contribution in [2.45, 2.75) is 13.2 Å². The molecule has 0 unspecified atom stereocenters. The fourth-order valence-electron chi connectivity index (χ4n) is 2.89. The van der Waals surface area contributed by atoms with Gasteiger partial charge < -0.3 is 14.6 Å². The highest BCUT2D eigenvalue weighted by Gasteiger charge is 2.13. The van der Waals surface area contributed by atoms with Crippen LogP contribution in [0.1, 0.15) is 21.7 Å². The minimum Gasteiger partial charge on any atom is -0.378 e. The number of ether oxygens (including phenoxy) is 1. The van der Waals surface area contributed by atoms with E-state index in [0.717, 1.165) is 17.1 Å². The number of H-pyrrole nitrogens is 1. The summed E-state index contributed by atoms with van der Waals surface area (Å²) >= 11 is 0. The second-order valence-corrected chi connectivity index (χ2v) is 6.17. The third-order valence-electron chi connectivity index (χ3n) is 4.25. The molecule has 0 aliphatic rings. The summed E-state index contributed by atoms with van der Waals surface area (Å²) in [6, 6.07) is 9.27. The normalized spacial score (nSPS) is 11.2. The molecule has 0 spiro atoms. The van der Waals surface area contributed by atoms with Crippen molar-refractivity contribution in [3.63, 3.8) is 0 Å². The molecule has 4 heterocycles. The van der Waals surface area contributed by atoms with Gasteiger partial charge in [0.15, 0.2) is 11.5 Å². The Kier molecular flexibility index (Phi) is 4.43. The fourth-order valence-corrected chi connectivity index (χ4v) is 2.89. The van der Waals surface area contributed by atoms with Crippen LogP contribution in [0.5, 0.6) is 0 Å². The lowest BCUT2D eigenvalue weighted by Crippen LogP contribution is -2.23. The number of hydrogen-bond donors (Lipinski definition) is 2. The standard InChI is InChI=1S/C18H19N7O2/c1-24-7-3-4-15(24)17-23-22-16-6-5-12(10-25(16)17)18(26)19-9-13-8-14(11-27-2)21-20-13/h3-8,10H,9,11H2,1-2H3,(H,19,26)(H,20,21). The molecular formula is C18H19N7O2. The summed E-state index contributed by atoms with van der Waals surface area (Å²) in [5.41, 5.74) is 3.73. The van der Waals surface area contributed by atoms with E-state index in [1.165, 1.54) is 0 Å². The molecule has 138 valence electrons. The lowest BCUT2D eigenvalue weighted by molar-refractivity contribution is 0.0950. The van der Waals surface area contributed by atoms with E-state index >= 15 is 0 Å². The Bertz CT molecular complexity index is 1090. The van der Waals surface area contributed by atoms with E-state index in [0.29, 0.717) is 30.2 Å². The molecule has 0 radical (unpaired) electrons. The molecular weight excluding hydrogens is 346 g/mol. The highest BCUT2D eigenvalue weighted by Crippen LogP contribution is 2.19. The number of nitrogens with one attached hydrogen (secondary N) is 2. The summed E-state index contributed by atoms with van der Waals surface area (Å²) in [5, 5.41) is 18.3. The Morgan fingerprint density at radius 3 is 2.96 bits per heavy atom. The van der Waals surface area contributed by atoms with E-state index in [4.69, 9.17) is 4.74 Å². The van der Waals surface area contributed by atoms with Crippen LogP contribution in [-0.4, -0.2) is 42.4 Å². The van der Waals surface area contributed by atoms with Crippen LogP contribution in [0.15, 0.2) is 42.7 Å². The SMILES string of the molecule is COCc1cc(CNC(=O)c2ccc3nnc(-c4cccn4C)n3c2)[nH]n1. The molecule has 1 amide bonds. The average molecular weight is 365 g/mol. The number of aryl methyl sites for hydroxylation is 1. The first-order chi connectivity index (χ1) is 13.2. The van der Waals surface area contributed by atoms with Crippen molar-refractivity contribution in [1.29, 1.82) is 0 Å². The maximum atomic E-state index is 12.6. The van der Waals surface area contributed by atoms with Gasteiger partial charge in [-0.1, -0.05) is 0 Å². The fraction of sp³-hybridized carbons (Fsp3) is 0.222. The lowest BCUT2D eigenvalue weighted by atomic mass is 10.2. The molecule has 0 atom stereocenters.